The molecule has 16 nitrogen and oxygen atoms in total. The van der Waals surface area contributed by atoms with Gasteiger partial charge in [-0.3, -0.25) is 0 Å². The zero-order valence-electron chi connectivity index (χ0n) is 33.1. The molecule has 0 aliphatic rings. The van der Waals surface area contributed by atoms with Gasteiger partial charge in [0, 0.05) is 29.2 Å². The number of nitrogens with zero attached hydrogens (tertiary/aromatic N) is 5. The molecule has 2 N–H and O–H groups in total. The number of carbonyl (C=O) groups excluding carboxylic acids is 1. The lowest BCUT2D eigenvalue weighted by molar-refractivity contribution is 0.0524. The Balaban J connectivity index is 1.64. The lowest BCUT2D eigenvalue weighted by Gasteiger charge is -2.26. The van der Waals surface area contributed by atoms with E-state index >= 15 is 8.42 Å². The summed E-state index contributed by atoms with van der Waals surface area (Å²) in [6.07, 6.45) is -0.741. The summed E-state index contributed by atoms with van der Waals surface area (Å²) in [6.45, 7) is 6.36. The first kappa shape index (κ1) is 44.3. The van der Waals surface area contributed by atoms with Crippen molar-refractivity contribution in [1.82, 2.24) is 34.6 Å². The van der Waals surface area contributed by atoms with Crippen LogP contribution in [0.4, 0.5) is 4.79 Å². The van der Waals surface area contributed by atoms with Crippen molar-refractivity contribution in [1.29, 1.82) is 0 Å². The summed E-state index contributed by atoms with van der Waals surface area (Å²) in [5, 5.41) is 15.6. The Morgan fingerprint density at radius 1 is 0.793 bits per heavy atom. The number of tetrazole rings is 1. The third-order valence-corrected chi connectivity index (χ3v) is 13.0. The Labute approximate surface area is 352 Å². The van der Waals surface area contributed by atoms with Gasteiger partial charge in [0.1, 0.15) is 32.6 Å². The van der Waals surface area contributed by atoms with Crippen LogP contribution in [-0.4, -0.2) is 87.0 Å². The van der Waals surface area contributed by atoms with Gasteiger partial charge in [-0.2, -0.15) is 9.10 Å². The van der Waals surface area contributed by atoms with E-state index in [1.54, 1.807) is 88.5 Å². The third kappa shape index (κ3) is 11.4. The number of hydrogen-bond donors (Lipinski definition) is 2. The molecule has 0 aliphatic carbocycles. The number of ether oxygens (including phenoxy) is 4. The Morgan fingerprint density at radius 2 is 1.29 bits per heavy atom. The van der Waals surface area contributed by atoms with Crippen LogP contribution in [0.1, 0.15) is 44.4 Å². The van der Waals surface area contributed by atoms with Gasteiger partial charge in [-0.15, -0.1) is 10.2 Å². The fraction of sp³-hybridized carbons (Fsp3) is 0.333. The number of rotatable bonds is 17. The molecule has 0 spiro atoms. The second-order valence-corrected chi connectivity index (χ2v) is 18.8. The highest BCUT2D eigenvalue weighted by Crippen LogP contribution is 2.38. The van der Waals surface area contributed by atoms with E-state index < -0.39 is 47.6 Å². The molecule has 58 heavy (non-hydrogen) atoms. The molecule has 4 aromatic carbocycles. The molecule has 0 saturated heterocycles. The van der Waals surface area contributed by atoms with Crippen molar-refractivity contribution in [2.75, 3.05) is 27.9 Å². The normalized spacial score (nSPS) is 12.6. The molecule has 0 bridgehead atoms. The van der Waals surface area contributed by atoms with Crippen molar-refractivity contribution >= 4 is 48.7 Å². The number of nitrogens with one attached hydrogen (secondary N) is 2. The molecule has 1 aromatic heterocycles. The average molecular weight is 948 g/mol. The molecule has 0 fully saturated rings. The van der Waals surface area contributed by atoms with Gasteiger partial charge in [0.15, 0.2) is 0 Å². The second-order valence-electron chi connectivity index (χ2n) is 14.1. The molecule has 310 valence electrons. The summed E-state index contributed by atoms with van der Waals surface area (Å²) in [5.74, 6) is 1.70. The minimum absolute atomic E-state index is 0.0570. The first-order chi connectivity index (χ1) is 27.4. The van der Waals surface area contributed by atoms with Crippen LogP contribution < -0.4 is 24.2 Å². The fourth-order valence-corrected chi connectivity index (χ4v) is 10.2. The highest BCUT2D eigenvalue weighted by molar-refractivity contribution is 14.1. The van der Waals surface area contributed by atoms with Gasteiger partial charge < -0.3 is 24.3 Å². The van der Waals surface area contributed by atoms with Gasteiger partial charge in [-0.05, 0) is 121 Å². The van der Waals surface area contributed by atoms with Crippen molar-refractivity contribution < 1.29 is 40.6 Å². The maximum atomic E-state index is 15.4. The first-order valence-corrected chi connectivity index (χ1v) is 21.9. The summed E-state index contributed by atoms with van der Waals surface area (Å²) in [6, 6.07) is 22.8. The van der Waals surface area contributed by atoms with Gasteiger partial charge in [0.25, 0.3) is 0 Å². The van der Waals surface area contributed by atoms with Crippen molar-refractivity contribution in [2.24, 2.45) is 0 Å². The van der Waals surface area contributed by atoms with E-state index in [2.05, 4.69) is 25.4 Å². The Kier molecular flexibility index (Phi) is 14.4. The molecule has 1 amide bonds. The Morgan fingerprint density at radius 3 is 1.78 bits per heavy atom. The van der Waals surface area contributed by atoms with Crippen LogP contribution in [0.2, 0.25) is 0 Å². The van der Waals surface area contributed by atoms with E-state index in [0.717, 1.165) is 5.56 Å². The quantitative estimate of drug-likeness (QED) is 0.110. The Hall–Kier alpha value is -4.83. The van der Waals surface area contributed by atoms with Crippen LogP contribution in [0.5, 0.6) is 17.2 Å². The van der Waals surface area contributed by atoms with E-state index in [0.29, 0.717) is 31.9 Å². The van der Waals surface area contributed by atoms with Crippen LogP contribution in [-0.2, 0) is 44.4 Å². The van der Waals surface area contributed by atoms with E-state index in [4.69, 9.17) is 18.9 Å². The van der Waals surface area contributed by atoms with Crippen LogP contribution in [0.3, 0.4) is 0 Å². The molecule has 0 radical (unpaired) electrons. The van der Waals surface area contributed by atoms with Gasteiger partial charge in [0.05, 0.1) is 33.4 Å². The second kappa shape index (κ2) is 18.8. The zero-order valence-corrected chi connectivity index (χ0v) is 36.9. The number of alkyl carbamates (subject to hydrolysis) is 1. The zero-order chi connectivity index (χ0) is 42.3. The predicted molar refractivity (Wildman–Crippen MR) is 225 cm³/mol. The highest BCUT2D eigenvalue weighted by atomic mass is 127. The molecule has 0 saturated carbocycles. The fourth-order valence-electron chi connectivity index (χ4n) is 5.66. The van der Waals surface area contributed by atoms with Crippen LogP contribution >= 0.6 is 22.6 Å². The predicted octanol–water partition coefficient (Wildman–Crippen LogP) is 5.60. The van der Waals surface area contributed by atoms with Crippen molar-refractivity contribution in [2.45, 2.75) is 68.8 Å². The topological polar surface area (TPSA) is 193 Å². The summed E-state index contributed by atoms with van der Waals surface area (Å²) < 4.78 is 84.9. The molecular weight excluding hydrogens is 902 g/mol. The third-order valence-electron chi connectivity index (χ3n) is 8.46. The minimum Gasteiger partial charge on any atom is -0.497 e. The molecule has 5 aromatic rings. The largest absolute Gasteiger partial charge is 0.497 e. The number of aromatic nitrogens is 4. The van der Waals surface area contributed by atoms with E-state index in [1.165, 1.54) is 42.4 Å². The van der Waals surface area contributed by atoms with Gasteiger partial charge in [-0.1, -0.05) is 36.4 Å². The molecule has 1 heterocycles. The smallest absolute Gasteiger partial charge is 0.407 e. The van der Waals surface area contributed by atoms with Crippen molar-refractivity contribution in [3.63, 3.8) is 0 Å². The van der Waals surface area contributed by atoms with Crippen molar-refractivity contribution in [3.05, 3.63) is 105 Å². The monoisotopic (exact) mass is 947 g/mol. The maximum absolute atomic E-state index is 15.4. The van der Waals surface area contributed by atoms with Crippen LogP contribution in [0, 0.1) is 3.57 Å². The first-order valence-electron chi connectivity index (χ1n) is 17.9. The number of hydrogen-bond acceptors (Lipinski definition) is 12. The van der Waals surface area contributed by atoms with E-state index in [9.17, 15) is 13.2 Å². The summed E-state index contributed by atoms with van der Waals surface area (Å²) in [7, 11) is -4.77. The Bertz CT molecular complexity index is 2360. The number of halogens is 1. The van der Waals surface area contributed by atoms with Crippen LogP contribution in [0.25, 0.3) is 11.4 Å². The molecule has 0 unspecified atom stereocenters. The van der Waals surface area contributed by atoms with Gasteiger partial charge >= 0.3 is 6.09 Å². The van der Waals surface area contributed by atoms with Gasteiger partial charge in [0.2, 0.25) is 25.9 Å². The SMILES string of the molecule is COc1ccc(CN(Cc2ccc(OC)cc2)S(=O)(=O)c2c(S(=O)(=O)N[C@@H](C)CNC(=O)OC(C)(C)C)ccc(I)c2-c2nnn(Cc3ccc(OC)cc3)n2)cc1. The van der Waals surface area contributed by atoms with Crippen LogP contribution in [0.15, 0.2) is 94.7 Å². The summed E-state index contributed by atoms with van der Waals surface area (Å²) >= 11 is 1.94. The lowest BCUT2D eigenvalue weighted by atomic mass is 10.2. The van der Waals surface area contributed by atoms with Crippen molar-refractivity contribution in [3.8, 4) is 28.6 Å². The van der Waals surface area contributed by atoms with E-state index in [1.807, 2.05) is 34.7 Å². The number of amides is 1. The molecular formula is C39H46IN7O9S2. The standard InChI is InChI=1S/C39H46IN7O9S2/c1-26(22-41-38(48)56-39(2,3)4)44-57(49,50)34-21-20-33(40)35(37-42-45-47(43-37)25-29-12-18-32(55-7)19-13-29)36(34)58(51,52)46(23-27-8-14-30(53-5)15-9-27)24-28-10-16-31(54-6)17-11-28/h8-21,26,44H,22-25H2,1-7H3,(H,41,48)/t26-/m0/s1. The maximum Gasteiger partial charge on any atom is 0.407 e. The molecule has 19 heteroatoms. The molecule has 1 atom stereocenters. The lowest BCUT2D eigenvalue weighted by Crippen LogP contribution is -2.43. The van der Waals surface area contributed by atoms with E-state index in [-0.39, 0.29) is 37.6 Å². The highest BCUT2D eigenvalue weighted by Gasteiger charge is 2.38. The minimum atomic E-state index is -4.76. The van der Waals surface area contributed by atoms with Gasteiger partial charge in [-0.25, -0.2) is 26.4 Å². The number of benzene rings is 4. The molecule has 5 rings (SSSR count). The molecule has 0 aliphatic heterocycles. The number of sulfonamides is 2. The average Bonchev–Trinajstić information content (AvgIpc) is 3.64. The summed E-state index contributed by atoms with van der Waals surface area (Å²) in [5.41, 5.74) is 1.20. The number of methoxy groups -OCH3 is 3. The summed E-state index contributed by atoms with van der Waals surface area (Å²) in [4.78, 5) is 12.6. The number of carbonyl (C=O) groups is 1.